The van der Waals surface area contributed by atoms with Gasteiger partial charge in [0.1, 0.15) is 0 Å². The molecule has 1 aromatic carbocycles. The second kappa shape index (κ2) is 7.50. The summed E-state index contributed by atoms with van der Waals surface area (Å²) in [6, 6.07) is 9.69. The Labute approximate surface area is 107 Å². The third-order valence-corrected chi connectivity index (χ3v) is 3.21. The Bertz CT molecular complexity index is 300. The molecule has 1 atom stereocenters. The van der Waals surface area contributed by atoms with Crippen molar-refractivity contribution in [2.75, 3.05) is 6.54 Å². The minimum Gasteiger partial charge on any atom is -0.315 e. The molecule has 0 fully saturated rings. The lowest BCUT2D eigenvalue weighted by Gasteiger charge is -2.14. The van der Waals surface area contributed by atoms with E-state index >= 15 is 0 Å². The minimum absolute atomic E-state index is 0.603. The summed E-state index contributed by atoms with van der Waals surface area (Å²) in [5, 5.41) is 3.48. The third kappa shape index (κ3) is 5.88. The highest BCUT2D eigenvalue weighted by atomic mass is 14.9. The molecule has 0 aliphatic carbocycles. The van der Waals surface area contributed by atoms with Crippen LogP contribution >= 0.6 is 0 Å². The molecule has 0 heterocycles. The van der Waals surface area contributed by atoms with Crippen LogP contribution in [-0.4, -0.2) is 12.6 Å². The van der Waals surface area contributed by atoms with E-state index in [9.17, 15) is 0 Å². The molecule has 0 amide bonds. The monoisotopic (exact) mass is 233 g/mol. The van der Waals surface area contributed by atoms with Gasteiger partial charge in [-0.25, -0.2) is 0 Å². The zero-order valence-electron chi connectivity index (χ0n) is 11.8. The fourth-order valence-electron chi connectivity index (χ4n) is 2.03. The fraction of sp³-hybridized carbons (Fsp3) is 0.625. The number of rotatable bonds is 7. The van der Waals surface area contributed by atoms with Crippen LogP contribution in [0.15, 0.2) is 24.3 Å². The Morgan fingerprint density at radius 1 is 1.00 bits per heavy atom. The summed E-state index contributed by atoms with van der Waals surface area (Å²) in [6.45, 7) is 10.1. The predicted molar refractivity (Wildman–Crippen MR) is 76.4 cm³/mol. The standard InChI is InChI=1S/C16H27N/c1-5-15-6-8-16(9-7-15)12-14(4)10-11-17-13(2)3/h6-9,13-14,17H,5,10-12H2,1-4H3. The van der Waals surface area contributed by atoms with E-state index in [-0.39, 0.29) is 0 Å². The Kier molecular flexibility index (Phi) is 6.28. The largest absolute Gasteiger partial charge is 0.315 e. The topological polar surface area (TPSA) is 12.0 Å². The highest BCUT2D eigenvalue weighted by Gasteiger charge is 2.04. The maximum Gasteiger partial charge on any atom is 0.00103 e. The Hall–Kier alpha value is -0.820. The van der Waals surface area contributed by atoms with Crippen molar-refractivity contribution >= 4 is 0 Å². The minimum atomic E-state index is 0.603. The number of hydrogen-bond acceptors (Lipinski definition) is 1. The van der Waals surface area contributed by atoms with Crippen molar-refractivity contribution in [2.45, 2.75) is 53.0 Å². The number of hydrogen-bond donors (Lipinski definition) is 1. The van der Waals surface area contributed by atoms with Crippen LogP contribution in [0.2, 0.25) is 0 Å². The first-order valence-corrected chi connectivity index (χ1v) is 6.93. The molecule has 1 heteroatoms. The molecular formula is C16H27N. The van der Waals surface area contributed by atoms with Gasteiger partial charge < -0.3 is 5.32 Å². The first-order chi connectivity index (χ1) is 8.11. The van der Waals surface area contributed by atoms with Crippen LogP contribution in [-0.2, 0) is 12.8 Å². The summed E-state index contributed by atoms with van der Waals surface area (Å²) in [4.78, 5) is 0. The van der Waals surface area contributed by atoms with Crippen LogP contribution in [0.1, 0.15) is 45.2 Å². The molecule has 0 spiro atoms. The fourth-order valence-corrected chi connectivity index (χ4v) is 2.03. The van der Waals surface area contributed by atoms with Gasteiger partial charge in [0.15, 0.2) is 0 Å². The van der Waals surface area contributed by atoms with Gasteiger partial charge in [-0.2, -0.15) is 0 Å². The van der Waals surface area contributed by atoms with Crippen LogP contribution in [0.4, 0.5) is 0 Å². The maximum absolute atomic E-state index is 3.48. The lowest BCUT2D eigenvalue weighted by atomic mass is 9.97. The number of aryl methyl sites for hydroxylation is 1. The molecule has 1 aromatic rings. The van der Waals surface area contributed by atoms with Crippen molar-refractivity contribution in [1.29, 1.82) is 0 Å². The van der Waals surface area contributed by atoms with Crippen LogP contribution in [0.25, 0.3) is 0 Å². The Balaban J connectivity index is 2.31. The Morgan fingerprint density at radius 3 is 2.12 bits per heavy atom. The van der Waals surface area contributed by atoms with Gasteiger partial charge in [-0.05, 0) is 42.9 Å². The van der Waals surface area contributed by atoms with Crippen molar-refractivity contribution in [2.24, 2.45) is 5.92 Å². The smallest absolute Gasteiger partial charge is 0.00103 e. The van der Waals surface area contributed by atoms with Gasteiger partial charge in [0.2, 0.25) is 0 Å². The highest BCUT2D eigenvalue weighted by Crippen LogP contribution is 2.12. The van der Waals surface area contributed by atoms with Crippen molar-refractivity contribution in [3.63, 3.8) is 0 Å². The highest BCUT2D eigenvalue weighted by molar-refractivity contribution is 5.22. The van der Waals surface area contributed by atoms with Crippen molar-refractivity contribution in [3.8, 4) is 0 Å². The number of nitrogens with one attached hydrogen (secondary N) is 1. The van der Waals surface area contributed by atoms with E-state index in [0.29, 0.717) is 6.04 Å². The quantitative estimate of drug-likeness (QED) is 0.755. The number of benzene rings is 1. The zero-order chi connectivity index (χ0) is 12.7. The first-order valence-electron chi connectivity index (χ1n) is 6.93. The average Bonchev–Trinajstić information content (AvgIpc) is 2.29. The van der Waals surface area contributed by atoms with Crippen LogP contribution in [0.3, 0.4) is 0 Å². The van der Waals surface area contributed by atoms with E-state index in [2.05, 4.69) is 57.3 Å². The van der Waals surface area contributed by atoms with Crippen molar-refractivity contribution < 1.29 is 0 Å². The zero-order valence-corrected chi connectivity index (χ0v) is 11.8. The van der Waals surface area contributed by atoms with Gasteiger partial charge in [0.05, 0.1) is 0 Å². The van der Waals surface area contributed by atoms with Crippen molar-refractivity contribution in [3.05, 3.63) is 35.4 Å². The second-order valence-corrected chi connectivity index (χ2v) is 5.38. The molecule has 1 unspecified atom stereocenters. The normalized spacial score (nSPS) is 13.0. The lowest BCUT2D eigenvalue weighted by molar-refractivity contribution is 0.476. The average molecular weight is 233 g/mol. The van der Waals surface area contributed by atoms with E-state index in [4.69, 9.17) is 0 Å². The van der Waals surface area contributed by atoms with Gasteiger partial charge >= 0.3 is 0 Å². The maximum atomic E-state index is 3.48. The molecule has 17 heavy (non-hydrogen) atoms. The molecule has 96 valence electrons. The summed E-state index contributed by atoms with van der Waals surface area (Å²) in [7, 11) is 0. The Morgan fingerprint density at radius 2 is 1.59 bits per heavy atom. The molecule has 1 rings (SSSR count). The summed E-state index contributed by atoms with van der Waals surface area (Å²) in [5.41, 5.74) is 2.90. The first kappa shape index (κ1) is 14.2. The summed E-state index contributed by atoms with van der Waals surface area (Å²) in [6.07, 6.45) is 3.59. The molecule has 0 bridgehead atoms. The molecule has 0 aromatic heterocycles. The summed E-state index contributed by atoms with van der Waals surface area (Å²) in [5.74, 6) is 0.758. The summed E-state index contributed by atoms with van der Waals surface area (Å²) >= 11 is 0. The van der Waals surface area contributed by atoms with E-state index in [1.165, 1.54) is 24.0 Å². The molecule has 0 saturated heterocycles. The van der Waals surface area contributed by atoms with Gasteiger partial charge in [0, 0.05) is 6.04 Å². The second-order valence-electron chi connectivity index (χ2n) is 5.38. The van der Waals surface area contributed by atoms with E-state index < -0.39 is 0 Å². The lowest BCUT2D eigenvalue weighted by Crippen LogP contribution is -2.25. The van der Waals surface area contributed by atoms with Crippen LogP contribution in [0, 0.1) is 5.92 Å². The van der Waals surface area contributed by atoms with Gasteiger partial charge in [-0.3, -0.25) is 0 Å². The van der Waals surface area contributed by atoms with Gasteiger partial charge in [0.25, 0.3) is 0 Å². The van der Waals surface area contributed by atoms with Crippen molar-refractivity contribution in [1.82, 2.24) is 5.32 Å². The van der Waals surface area contributed by atoms with Gasteiger partial charge in [-0.1, -0.05) is 52.0 Å². The third-order valence-electron chi connectivity index (χ3n) is 3.21. The molecule has 0 aliphatic heterocycles. The summed E-state index contributed by atoms with van der Waals surface area (Å²) < 4.78 is 0. The van der Waals surface area contributed by atoms with E-state index in [0.717, 1.165) is 18.9 Å². The molecule has 1 N–H and O–H groups in total. The van der Waals surface area contributed by atoms with Gasteiger partial charge in [-0.15, -0.1) is 0 Å². The molecule has 1 nitrogen and oxygen atoms in total. The molecule has 0 radical (unpaired) electrons. The molecule has 0 saturated carbocycles. The van der Waals surface area contributed by atoms with E-state index in [1.807, 2.05) is 0 Å². The van der Waals surface area contributed by atoms with Crippen LogP contribution in [0.5, 0.6) is 0 Å². The van der Waals surface area contributed by atoms with E-state index in [1.54, 1.807) is 0 Å². The molecular weight excluding hydrogens is 206 g/mol. The van der Waals surface area contributed by atoms with Crippen LogP contribution < -0.4 is 5.32 Å². The molecule has 0 aliphatic rings. The SMILES string of the molecule is CCc1ccc(CC(C)CCNC(C)C)cc1. The predicted octanol–water partition coefficient (Wildman–Crippen LogP) is 3.82.